The maximum Gasteiger partial charge on any atom is 0.254 e. The average molecular weight is 602 g/mol. The van der Waals surface area contributed by atoms with Crippen molar-refractivity contribution in [3.05, 3.63) is 106 Å². The molecule has 0 aliphatic carbocycles. The number of aromatic nitrogens is 6. The number of nitriles is 2. The summed E-state index contributed by atoms with van der Waals surface area (Å²) in [6.07, 6.45) is 6.44. The SMILES string of the molecule is CC1CCCC(n2cnc(-c3cc(Cl)ccc3-n3cc(C#N)nn3)cc2=O)c2cc(ccn2)-c2ccc(C#N)cc2NC1=O. The van der Waals surface area contributed by atoms with E-state index in [0.717, 1.165) is 11.1 Å². The van der Waals surface area contributed by atoms with Crippen molar-refractivity contribution in [1.82, 2.24) is 29.5 Å². The van der Waals surface area contributed by atoms with Crippen LogP contribution in [0.25, 0.3) is 28.1 Å². The zero-order chi connectivity index (χ0) is 30.8. The Hall–Kier alpha value is -5.65. The lowest BCUT2D eigenvalue weighted by atomic mass is 9.95. The number of anilines is 1. The number of benzene rings is 2. The van der Waals surface area contributed by atoms with Gasteiger partial charge in [-0.3, -0.25) is 19.1 Å². The highest BCUT2D eigenvalue weighted by atomic mass is 35.5. The number of carbonyl (C=O) groups is 1. The second kappa shape index (κ2) is 11.9. The summed E-state index contributed by atoms with van der Waals surface area (Å²) in [6, 6.07) is 19.1. The van der Waals surface area contributed by atoms with Crippen LogP contribution in [-0.2, 0) is 4.79 Å². The molecule has 5 aromatic rings. The van der Waals surface area contributed by atoms with Gasteiger partial charge >= 0.3 is 0 Å². The fourth-order valence-electron chi connectivity index (χ4n) is 5.34. The fourth-order valence-corrected chi connectivity index (χ4v) is 5.51. The van der Waals surface area contributed by atoms with Gasteiger partial charge in [-0.1, -0.05) is 36.2 Å². The lowest BCUT2D eigenvalue weighted by Gasteiger charge is -2.23. The maximum absolute atomic E-state index is 13.7. The van der Waals surface area contributed by atoms with Crippen LogP contribution >= 0.6 is 11.6 Å². The standard InChI is InChI=1S/C32H24ClN9O2/c1-19-3-2-4-30(28-12-21(9-10-36-28)24-7-5-20(15-34)11-27(24)38-32(19)44)41-18-37-26(14-31(41)43)25-13-22(33)6-8-29(25)42-17-23(16-35)39-40-42/h5-14,17-19,30H,2-4H2,1H3,(H,38,44). The third-order valence-electron chi connectivity index (χ3n) is 7.66. The van der Waals surface area contributed by atoms with Gasteiger partial charge in [-0.05, 0) is 60.9 Å². The molecule has 1 aliphatic heterocycles. The Balaban J connectivity index is 1.44. The van der Waals surface area contributed by atoms with Crippen molar-refractivity contribution in [2.45, 2.75) is 32.2 Å². The molecule has 6 rings (SSSR count). The van der Waals surface area contributed by atoms with E-state index in [2.05, 4.69) is 31.7 Å². The predicted molar refractivity (Wildman–Crippen MR) is 163 cm³/mol. The van der Waals surface area contributed by atoms with E-state index in [-0.39, 0.29) is 23.1 Å². The normalized spacial score (nSPS) is 16.4. The van der Waals surface area contributed by atoms with Gasteiger partial charge in [0.25, 0.3) is 5.56 Å². The molecular weight excluding hydrogens is 578 g/mol. The highest BCUT2D eigenvalue weighted by Gasteiger charge is 2.23. The largest absolute Gasteiger partial charge is 0.325 e. The molecule has 0 saturated heterocycles. The minimum atomic E-state index is -0.451. The maximum atomic E-state index is 13.7. The molecule has 0 spiro atoms. The molecule has 1 amide bonds. The number of fused-ring (bicyclic) bond motifs is 4. The van der Waals surface area contributed by atoms with E-state index in [9.17, 15) is 20.1 Å². The van der Waals surface area contributed by atoms with Gasteiger partial charge < -0.3 is 5.32 Å². The van der Waals surface area contributed by atoms with Crippen molar-refractivity contribution < 1.29 is 4.79 Å². The van der Waals surface area contributed by atoms with Crippen molar-refractivity contribution in [3.63, 3.8) is 0 Å². The first-order valence-corrected chi connectivity index (χ1v) is 14.2. The van der Waals surface area contributed by atoms with E-state index in [4.69, 9.17) is 11.6 Å². The van der Waals surface area contributed by atoms with Crippen LogP contribution in [0.4, 0.5) is 5.69 Å². The Morgan fingerprint density at radius 1 is 0.977 bits per heavy atom. The number of pyridine rings is 1. The second-order valence-corrected chi connectivity index (χ2v) is 11.0. The Morgan fingerprint density at radius 2 is 1.84 bits per heavy atom. The molecule has 1 N–H and O–H groups in total. The van der Waals surface area contributed by atoms with E-state index in [1.165, 1.54) is 23.3 Å². The summed E-state index contributed by atoms with van der Waals surface area (Å²) < 4.78 is 2.99. The lowest BCUT2D eigenvalue weighted by molar-refractivity contribution is -0.119. The highest BCUT2D eigenvalue weighted by Crippen LogP contribution is 2.34. The first-order valence-electron chi connectivity index (χ1n) is 13.9. The van der Waals surface area contributed by atoms with E-state index in [0.29, 0.717) is 58.2 Å². The number of halogens is 1. The first-order chi connectivity index (χ1) is 21.3. The van der Waals surface area contributed by atoms with Gasteiger partial charge in [0, 0.05) is 40.0 Å². The van der Waals surface area contributed by atoms with Gasteiger partial charge in [-0.25, -0.2) is 9.67 Å². The molecule has 0 fully saturated rings. The van der Waals surface area contributed by atoms with Gasteiger partial charge in [0.15, 0.2) is 5.69 Å². The van der Waals surface area contributed by atoms with Gasteiger partial charge in [0.2, 0.25) is 5.91 Å². The summed E-state index contributed by atoms with van der Waals surface area (Å²) in [5.41, 5.74) is 4.51. The summed E-state index contributed by atoms with van der Waals surface area (Å²) in [7, 11) is 0. The van der Waals surface area contributed by atoms with E-state index >= 15 is 0 Å². The number of rotatable bonds is 3. The zero-order valence-corrected chi connectivity index (χ0v) is 24.2. The molecule has 2 aromatic carbocycles. The minimum Gasteiger partial charge on any atom is -0.325 e. The summed E-state index contributed by atoms with van der Waals surface area (Å²) in [6.45, 7) is 1.86. The Bertz CT molecular complexity index is 2050. The molecule has 1 aliphatic rings. The van der Waals surface area contributed by atoms with Crippen LogP contribution in [0.2, 0.25) is 5.02 Å². The molecule has 2 bridgehead atoms. The Kier molecular flexibility index (Phi) is 7.71. The molecular formula is C32H24ClN9O2. The fraction of sp³-hybridized carbons (Fsp3) is 0.188. The number of nitrogens with one attached hydrogen (secondary N) is 1. The van der Waals surface area contributed by atoms with Crippen LogP contribution < -0.4 is 10.9 Å². The number of hydrogen-bond donors (Lipinski definition) is 1. The van der Waals surface area contributed by atoms with Crippen molar-refractivity contribution in [1.29, 1.82) is 10.5 Å². The summed E-state index contributed by atoms with van der Waals surface area (Å²) in [5.74, 6) is -0.431. The minimum absolute atomic E-state index is 0.137. The van der Waals surface area contributed by atoms with Crippen molar-refractivity contribution >= 4 is 23.2 Å². The molecule has 44 heavy (non-hydrogen) atoms. The zero-order valence-electron chi connectivity index (χ0n) is 23.5. The van der Waals surface area contributed by atoms with E-state index in [1.54, 1.807) is 47.2 Å². The van der Waals surface area contributed by atoms with E-state index in [1.807, 2.05) is 25.1 Å². The Labute approximate surface area is 257 Å². The monoisotopic (exact) mass is 601 g/mol. The van der Waals surface area contributed by atoms with Gasteiger partial charge in [-0.2, -0.15) is 10.5 Å². The number of amides is 1. The van der Waals surface area contributed by atoms with Crippen LogP contribution in [-0.4, -0.2) is 35.4 Å². The van der Waals surface area contributed by atoms with Gasteiger partial charge in [0.05, 0.1) is 47.3 Å². The van der Waals surface area contributed by atoms with Gasteiger partial charge in [0.1, 0.15) is 6.07 Å². The van der Waals surface area contributed by atoms with Crippen molar-refractivity contribution in [3.8, 4) is 40.2 Å². The molecule has 0 radical (unpaired) electrons. The van der Waals surface area contributed by atoms with Crippen LogP contribution in [0, 0.1) is 28.6 Å². The molecule has 0 saturated carbocycles. The topological polar surface area (TPSA) is 155 Å². The van der Waals surface area contributed by atoms with Gasteiger partial charge in [-0.15, -0.1) is 5.10 Å². The van der Waals surface area contributed by atoms with Crippen LogP contribution in [0.5, 0.6) is 0 Å². The lowest BCUT2D eigenvalue weighted by Crippen LogP contribution is -2.27. The highest BCUT2D eigenvalue weighted by molar-refractivity contribution is 6.31. The summed E-state index contributed by atoms with van der Waals surface area (Å²) in [5, 5.41) is 29.9. The number of nitrogens with zero attached hydrogens (tertiary/aromatic N) is 8. The quantitative estimate of drug-likeness (QED) is 0.292. The van der Waals surface area contributed by atoms with Crippen LogP contribution in [0.15, 0.2) is 78.1 Å². The van der Waals surface area contributed by atoms with Crippen molar-refractivity contribution in [2.75, 3.05) is 5.32 Å². The van der Waals surface area contributed by atoms with Crippen molar-refractivity contribution in [2.24, 2.45) is 5.92 Å². The summed E-state index contributed by atoms with van der Waals surface area (Å²) >= 11 is 6.32. The van der Waals surface area contributed by atoms with Crippen LogP contribution in [0.3, 0.4) is 0 Å². The molecule has 2 atom stereocenters. The summed E-state index contributed by atoms with van der Waals surface area (Å²) in [4.78, 5) is 36.1. The second-order valence-electron chi connectivity index (χ2n) is 10.5. The third kappa shape index (κ3) is 5.56. The first kappa shape index (κ1) is 28.5. The van der Waals surface area contributed by atoms with E-state index < -0.39 is 6.04 Å². The number of hydrogen-bond acceptors (Lipinski definition) is 8. The van der Waals surface area contributed by atoms with Crippen LogP contribution in [0.1, 0.15) is 49.2 Å². The molecule has 2 unspecified atom stereocenters. The molecule has 12 heteroatoms. The molecule has 3 aromatic heterocycles. The molecule has 4 heterocycles. The molecule has 11 nitrogen and oxygen atoms in total. The predicted octanol–water partition coefficient (Wildman–Crippen LogP) is 5.30. The average Bonchev–Trinajstić information content (AvgIpc) is 3.52. The molecule has 216 valence electrons. The number of carbonyl (C=O) groups excluding carboxylic acids is 1. The third-order valence-corrected chi connectivity index (χ3v) is 7.90. The smallest absolute Gasteiger partial charge is 0.254 e. The Morgan fingerprint density at radius 3 is 2.61 bits per heavy atom.